The molecule has 7 heteroatoms. The Hall–Kier alpha value is -3.87. The summed E-state index contributed by atoms with van der Waals surface area (Å²) in [5.41, 5.74) is 3.72. The lowest BCUT2D eigenvalue weighted by Gasteiger charge is -2.11. The van der Waals surface area contributed by atoms with Gasteiger partial charge in [-0.3, -0.25) is 4.99 Å². The van der Waals surface area contributed by atoms with Crippen LogP contribution in [0.2, 0.25) is 0 Å². The van der Waals surface area contributed by atoms with E-state index in [1.165, 1.54) is 18.3 Å². The predicted molar refractivity (Wildman–Crippen MR) is 130 cm³/mol. The van der Waals surface area contributed by atoms with Crippen LogP contribution in [-0.4, -0.2) is 32.9 Å². The van der Waals surface area contributed by atoms with E-state index in [9.17, 15) is 9.18 Å². The quantitative estimate of drug-likeness (QED) is 0.154. The van der Waals surface area contributed by atoms with Crippen molar-refractivity contribution in [3.63, 3.8) is 0 Å². The van der Waals surface area contributed by atoms with Crippen molar-refractivity contribution in [2.45, 2.75) is 19.8 Å². The molecule has 0 heterocycles. The lowest BCUT2D eigenvalue weighted by Crippen LogP contribution is -2.08. The standard InChI is InChI=1S/C26H27FN4O2/c1-4-5-16-33-26(32)24-15-6-19(17-25(24)27)18-28-20-7-9-21(10-8-20)29-30-22-11-13-23(14-12-22)31(2)3/h6-15,17-18H,4-5,16H2,1-3H3. The van der Waals surface area contributed by atoms with Crippen LogP contribution in [0.25, 0.3) is 0 Å². The molecule has 0 fully saturated rings. The summed E-state index contributed by atoms with van der Waals surface area (Å²) >= 11 is 0. The van der Waals surface area contributed by atoms with Crippen molar-refractivity contribution >= 4 is 34.9 Å². The molecule has 170 valence electrons. The van der Waals surface area contributed by atoms with E-state index in [4.69, 9.17) is 4.74 Å². The van der Waals surface area contributed by atoms with Crippen LogP contribution in [0.5, 0.6) is 0 Å². The number of anilines is 1. The number of aliphatic imine (C=N–C) groups is 1. The Kier molecular flexibility index (Phi) is 8.41. The maximum absolute atomic E-state index is 14.3. The first kappa shape index (κ1) is 23.8. The first-order valence-corrected chi connectivity index (χ1v) is 10.8. The Balaban J connectivity index is 1.60. The molecule has 0 bridgehead atoms. The number of benzene rings is 3. The smallest absolute Gasteiger partial charge is 0.341 e. The third kappa shape index (κ3) is 7.07. The van der Waals surface area contributed by atoms with Crippen molar-refractivity contribution in [2.75, 3.05) is 25.6 Å². The molecule has 3 aromatic carbocycles. The highest BCUT2D eigenvalue weighted by atomic mass is 19.1. The Morgan fingerprint density at radius 2 is 1.55 bits per heavy atom. The third-order valence-electron chi connectivity index (χ3n) is 4.80. The predicted octanol–water partition coefficient (Wildman–Crippen LogP) is 7.01. The summed E-state index contributed by atoms with van der Waals surface area (Å²) in [5, 5.41) is 8.49. The molecule has 0 spiro atoms. The number of hydrogen-bond acceptors (Lipinski definition) is 6. The Morgan fingerprint density at radius 3 is 2.12 bits per heavy atom. The van der Waals surface area contributed by atoms with Crippen LogP contribution >= 0.6 is 0 Å². The fraction of sp³-hybridized carbons (Fsp3) is 0.231. The van der Waals surface area contributed by atoms with Crippen molar-refractivity contribution in [1.82, 2.24) is 0 Å². The molecular formula is C26H27FN4O2. The van der Waals surface area contributed by atoms with Crippen LogP contribution in [0.3, 0.4) is 0 Å². The van der Waals surface area contributed by atoms with Gasteiger partial charge >= 0.3 is 5.97 Å². The summed E-state index contributed by atoms with van der Waals surface area (Å²) in [6.07, 6.45) is 3.19. The minimum absolute atomic E-state index is 0.0747. The van der Waals surface area contributed by atoms with E-state index in [1.807, 2.05) is 50.2 Å². The minimum atomic E-state index is -0.650. The molecule has 0 aliphatic heterocycles. The molecule has 0 radical (unpaired) electrons. The molecule has 0 amide bonds. The summed E-state index contributed by atoms with van der Waals surface area (Å²) < 4.78 is 19.3. The first-order chi connectivity index (χ1) is 16.0. The normalized spacial score (nSPS) is 11.3. The monoisotopic (exact) mass is 446 g/mol. The second kappa shape index (κ2) is 11.7. The highest BCUT2D eigenvalue weighted by Crippen LogP contribution is 2.23. The van der Waals surface area contributed by atoms with E-state index in [0.717, 1.165) is 24.2 Å². The summed E-state index contributed by atoms with van der Waals surface area (Å²) in [4.78, 5) is 18.3. The number of carbonyl (C=O) groups excluding carboxylic acids is 1. The van der Waals surface area contributed by atoms with E-state index in [0.29, 0.717) is 16.9 Å². The number of halogens is 1. The molecule has 0 saturated heterocycles. The SMILES string of the molecule is CCCCOC(=O)c1ccc(C=Nc2ccc(N=Nc3ccc(N(C)C)cc3)cc2)cc1F. The van der Waals surface area contributed by atoms with Gasteiger partial charge in [0.05, 0.1) is 29.2 Å². The van der Waals surface area contributed by atoms with Gasteiger partial charge in [0.2, 0.25) is 0 Å². The van der Waals surface area contributed by atoms with Gasteiger partial charge in [-0.1, -0.05) is 19.4 Å². The number of unbranched alkanes of at least 4 members (excludes halogenated alkanes) is 1. The van der Waals surface area contributed by atoms with Gasteiger partial charge in [0.25, 0.3) is 0 Å². The molecule has 33 heavy (non-hydrogen) atoms. The van der Waals surface area contributed by atoms with Crippen molar-refractivity contribution in [3.8, 4) is 0 Å². The molecule has 3 aromatic rings. The van der Waals surface area contributed by atoms with Gasteiger partial charge in [-0.05, 0) is 72.6 Å². The largest absolute Gasteiger partial charge is 0.462 e. The minimum Gasteiger partial charge on any atom is -0.462 e. The Bertz CT molecular complexity index is 1120. The van der Waals surface area contributed by atoms with Crippen LogP contribution in [0.4, 0.5) is 27.1 Å². The first-order valence-electron chi connectivity index (χ1n) is 10.8. The Morgan fingerprint density at radius 1 is 0.939 bits per heavy atom. The summed E-state index contributed by atoms with van der Waals surface area (Å²) in [6, 6.07) is 19.3. The molecule has 0 atom stereocenters. The average Bonchev–Trinajstić information content (AvgIpc) is 2.82. The van der Waals surface area contributed by atoms with Gasteiger partial charge in [0.15, 0.2) is 0 Å². The van der Waals surface area contributed by atoms with Gasteiger partial charge in [0.1, 0.15) is 5.82 Å². The van der Waals surface area contributed by atoms with E-state index in [-0.39, 0.29) is 12.2 Å². The van der Waals surface area contributed by atoms with E-state index in [2.05, 4.69) is 15.2 Å². The average molecular weight is 447 g/mol. The molecular weight excluding hydrogens is 419 g/mol. The maximum Gasteiger partial charge on any atom is 0.341 e. The van der Waals surface area contributed by atoms with E-state index < -0.39 is 11.8 Å². The van der Waals surface area contributed by atoms with Gasteiger partial charge in [0, 0.05) is 26.0 Å². The number of azo groups is 1. The number of esters is 1. The van der Waals surface area contributed by atoms with Crippen molar-refractivity contribution in [1.29, 1.82) is 0 Å². The van der Waals surface area contributed by atoms with Crippen LogP contribution in [0.15, 0.2) is 82.0 Å². The lowest BCUT2D eigenvalue weighted by molar-refractivity contribution is 0.0494. The van der Waals surface area contributed by atoms with Gasteiger partial charge in [-0.2, -0.15) is 10.2 Å². The van der Waals surface area contributed by atoms with Crippen LogP contribution in [0.1, 0.15) is 35.7 Å². The van der Waals surface area contributed by atoms with Crippen LogP contribution < -0.4 is 4.90 Å². The molecule has 0 N–H and O–H groups in total. The summed E-state index contributed by atoms with van der Waals surface area (Å²) in [6.45, 7) is 2.28. The topological polar surface area (TPSA) is 66.6 Å². The third-order valence-corrected chi connectivity index (χ3v) is 4.80. The van der Waals surface area contributed by atoms with Gasteiger partial charge < -0.3 is 9.64 Å². The van der Waals surface area contributed by atoms with Gasteiger partial charge in [-0.25, -0.2) is 9.18 Å². The summed E-state index contributed by atoms with van der Waals surface area (Å²) in [7, 11) is 3.97. The highest BCUT2D eigenvalue weighted by molar-refractivity contribution is 5.91. The molecule has 6 nitrogen and oxygen atoms in total. The van der Waals surface area contributed by atoms with Crippen LogP contribution in [0, 0.1) is 5.82 Å². The molecule has 0 aliphatic rings. The molecule has 0 aromatic heterocycles. The fourth-order valence-electron chi connectivity index (χ4n) is 2.85. The highest BCUT2D eigenvalue weighted by Gasteiger charge is 2.13. The summed E-state index contributed by atoms with van der Waals surface area (Å²) in [5.74, 6) is -1.28. The zero-order valence-corrected chi connectivity index (χ0v) is 19.0. The van der Waals surface area contributed by atoms with E-state index in [1.54, 1.807) is 30.3 Å². The van der Waals surface area contributed by atoms with Gasteiger partial charge in [-0.15, -0.1) is 0 Å². The zero-order valence-electron chi connectivity index (χ0n) is 19.0. The molecule has 0 saturated carbocycles. The molecule has 0 unspecified atom stereocenters. The zero-order chi connectivity index (χ0) is 23.6. The lowest BCUT2D eigenvalue weighted by atomic mass is 10.1. The Labute approximate surface area is 193 Å². The number of nitrogens with zero attached hydrogens (tertiary/aromatic N) is 4. The van der Waals surface area contributed by atoms with Crippen molar-refractivity contribution in [2.24, 2.45) is 15.2 Å². The fourth-order valence-corrected chi connectivity index (χ4v) is 2.85. The maximum atomic E-state index is 14.3. The number of hydrogen-bond donors (Lipinski definition) is 0. The molecule has 0 aliphatic carbocycles. The van der Waals surface area contributed by atoms with Crippen LogP contribution in [-0.2, 0) is 4.74 Å². The molecule has 3 rings (SSSR count). The number of carbonyl (C=O) groups is 1. The van der Waals surface area contributed by atoms with E-state index >= 15 is 0 Å². The van der Waals surface area contributed by atoms with Crippen molar-refractivity contribution < 1.29 is 13.9 Å². The number of ether oxygens (including phenoxy) is 1. The van der Waals surface area contributed by atoms with Crippen molar-refractivity contribution in [3.05, 3.63) is 83.7 Å². The second-order valence-corrected chi connectivity index (χ2v) is 7.61. The second-order valence-electron chi connectivity index (χ2n) is 7.61. The number of rotatable bonds is 9.